The Kier molecular flexibility index (Phi) is 4.85. The van der Waals surface area contributed by atoms with Crippen LogP contribution >= 0.6 is 0 Å². The number of pyridine rings is 1. The van der Waals surface area contributed by atoms with Gasteiger partial charge in [0.15, 0.2) is 0 Å². The predicted molar refractivity (Wildman–Crippen MR) is 80.6 cm³/mol. The van der Waals surface area contributed by atoms with E-state index in [-0.39, 0.29) is 5.91 Å². The van der Waals surface area contributed by atoms with Crippen molar-refractivity contribution < 1.29 is 4.79 Å². The Hall–Kier alpha value is -2.20. The molecule has 0 saturated carbocycles. The normalized spacial score (nSPS) is 10.6. The summed E-state index contributed by atoms with van der Waals surface area (Å²) in [6, 6.07) is 11.8. The lowest BCUT2D eigenvalue weighted by Gasteiger charge is -2.10. The highest BCUT2D eigenvalue weighted by molar-refractivity contribution is 6.04. The molecule has 0 atom stereocenters. The fourth-order valence-corrected chi connectivity index (χ4v) is 1.78. The van der Waals surface area contributed by atoms with Gasteiger partial charge in [0.2, 0.25) is 0 Å². The van der Waals surface area contributed by atoms with Crippen LogP contribution in [0.5, 0.6) is 0 Å². The predicted octanol–water partition coefficient (Wildman–Crippen LogP) is 2.83. The second kappa shape index (κ2) is 6.82. The lowest BCUT2D eigenvalue weighted by molar-refractivity contribution is 0.102. The second-order valence-corrected chi connectivity index (χ2v) is 4.93. The number of hydrogen-bond donors (Lipinski definition) is 2. The monoisotopic (exact) mass is 269 g/mol. The van der Waals surface area contributed by atoms with Crippen molar-refractivity contribution in [3.05, 3.63) is 59.9 Å². The van der Waals surface area contributed by atoms with Crippen molar-refractivity contribution in [2.24, 2.45) is 0 Å². The number of carbonyl (C=O) groups excluding carboxylic acids is 1. The van der Waals surface area contributed by atoms with Gasteiger partial charge in [0.1, 0.15) is 0 Å². The van der Waals surface area contributed by atoms with Crippen LogP contribution in [0.25, 0.3) is 0 Å². The van der Waals surface area contributed by atoms with Crippen molar-refractivity contribution in [1.82, 2.24) is 10.3 Å². The van der Waals surface area contributed by atoms with E-state index in [2.05, 4.69) is 29.5 Å². The van der Waals surface area contributed by atoms with Crippen molar-refractivity contribution >= 4 is 11.6 Å². The van der Waals surface area contributed by atoms with Crippen molar-refractivity contribution in [2.75, 3.05) is 5.32 Å². The first kappa shape index (κ1) is 14.2. The molecule has 0 bridgehead atoms. The summed E-state index contributed by atoms with van der Waals surface area (Å²) >= 11 is 0. The van der Waals surface area contributed by atoms with Crippen LogP contribution in [0, 0.1) is 0 Å². The number of carbonyl (C=O) groups is 1. The number of rotatable bonds is 5. The molecular weight excluding hydrogens is 250 g/mol. The SMILES string of the molecule is CC(C)NCc1cccc(NC(=O)c2cccnc2)c1. The summed E-state index contributed by atoms with van der Waals surface area (Å²) in [5.41, 5.74) is 2.49. The third kappa shape index (κ3) is 4.17. The molecule has 2 rings (SSSR count). The average Bonchev–Trinajstić information content (AvgIpc) is 2.46. The van der Waals surface area contributed by atoms with Crippen molar-refractivity contribution in [1.29, 1.82) is 0 Å². The van der Waals surface area contributed by atoms with E-state index in [0.29, 0.717) is 11.6 Å². The molecule has 1 aromatic heterocycles. The van der Waals surface area contributed by atoms with Gasteiger partial charge in [-0.05, 0) is 29.8 Å². The Labute approximate surface area is 119 Å². The van der Waals surface area contributed by atoms with E-state index in [4.69, 9.17) is 0 Å². The molecule has 0 spiro atoms. The fourth-order valence-electron chi connectivity index (χ4n) is 1.78. The smallest absolute Gasteiger partial charge is 0.257 e. The molecule has 20 heavy (non-hydrogen) atoms. The summed E-state index contributed by atoms with van der Waals surface area (Å²) in [5.74, 6) is -0.146. The molecular formula is C16H19N3O. The Bertz CT molecular complexity index is 567. The molecule has 0 aliphatic carbocycles. The van der Waals surface area contributed by atoms with Gasteiger partial charge in [0.05, 0.1) is 5.56 Å². The molecule has 2 aromatic rings. The number of nitrogens with one attached hydrogen (secondary N) is 2. The Morgan fingerprint density at radius 2 is 2.10 bits per heavy atom. The fraction of sp³-hybridized carbons (Fsp3) is 0.250. The zero-order valence-corrected chi connectivity index (χ0v) is 11.8. The topological polar surface area (TPSA) is 54.0 Å². The highest BCUT2D eigenvalue weighted by Gasteiger charge is 2.06. The van der Waals surface area contributed by atoms with Gasteiger partial charge >= 0.3 is 0 Å². The molecule has 4 nitrogen and oxygen atoms in total. The van der Waals surface area contributed by atoms with E-state index >= 15 is 0 Å². The zero-order chi connectivity index (χ0) is 14.4. The van der Waals surface area contributed by atoms with Crippen LogP contribution in [-0.4, -0.2) is 16.9 Å². The number of hydrogen-bond acceptors (Lipinski definition) is 3. The molecule has 0 radical (unpaired) electrons. The maximum absolute atomic E-state index is 12.0. The number of aromatic nitrogens is 1. The van der Waals surface area contributed by atoms with E-state index in [0.717, 1.165) is 17.8 Å². The maximum Gasteiger partial charge on any atom is 0.257 e. The summed E-state index contributed by atoms with van der Waals surface area (Å²) in [7, 11) is 0. The largest absolute Gasteiger partial charge is 0.322 e. The van der Waals surface area contributed by atoms with Gasteiger partial charge in [0, 0.05) is 30.7 Å². The van der Waals surface area contributed by atoms with Gasteiger partial charge in [-0.25, -0.2) is 0 Å². The highest BCUT2D eigenvalue weighted by Crippen LogP contribution is 2.12. The second-order valence-electron chi connectivity index (χ2n) is 4.93. The molecule has 0 saturated heterocycles. The lowest BCUT2D eigenvalue weighted by atomic mass is 10.2. The molecule has 0 aliphatic rings. The van der Waals surface area contributed by atoms with Crippen LogP contribution in [0.4, 0.5) is 5.69 Å². The summed E-state index contributed by atoms with van der Waals surface area (Å²) in [6.07, 6.45) is 3.20. The maximum atomic E-state index is 12.0. The van der Waals surface area contributed by atoms with Gasteiger partial charge in [-0.15, -0.1) is 0 Å². The first-order valence-corrected chi connectivity index (χ1v) is 6.69. The minimum Gasteiger partial charge on any atom is -0.322 e. The molecule has 4 heteroatoms. The third-order valence-electron chi connectivity index (χ3n) is 2.82. The number of benzene rings is 1. The number of nitrogens with zero attached hydrogens (tertiary/aromatic N) is 1. The molecule has 1 amide bonds. The standard InChI is InChI=1S/C16H19N3O/c1-12(2)18-10-13-5-3-7-15(9-13)19-16(20)14-6-4-8-17-11-14/h3-9,11-12,18H,10H2,1-2H3,(H,19,20). The average molecular weight is 269 g/mol. The van der Waals surface area contributed by atoms with Crippen LogP contribution in [0.15, 0.2) is 48.8 Å². The van der Waals surface area contributed by atoms with Gasteiger partial charge in [-0.1, -0.05) is 26.0 Å². The van der Waals surface area contributed by atoms with E-state index in [9.17, 15) is 4.79 Å². The molecule has 1 heterocycles. The van der Waals surface area contributed by atoms with Crippen LogP contribution < -0.4 is 10.6 Å². The van der Waals surface area contributed by atoms with Gasteiger partial charge in [-0.3, -0.25) is 9.78 Å². The van der Waals surface area contributed by atoms with Crippen LogP contribution in [0.1, 0.15) is 29.8 Å². The summed E-state index contributed by atoms with van der Waals surface area (Å²) < 4.78 is 0. The van der Waals surface area contributed by atoms with Crippen LogP contribution in [0.2, 0.25) is 0 Å². The molecule has 0 fully saturated rings. The zero-order valence-electron chi connectivity index (χ0n) is 11.8. The van der Waals surface area contributed by atoms with Crippen molar-refractivity contribution in [3.63, 3.8) is 0 Å². The Morgan fingerprint density at radius 3 is 2.80 bits per heavy atom. The summed E-state index contributed by atoms with van der Waals surface area (Å²) in [5, 5.41) is 6.23. The van der Waals surface area contributed by atoms with E-state index in [1.54, 1.807) is 24.5 Å². The minimum atomic E-state index is -0.146. The molecule has 1 aromatic carbocycles. The van der Waals surface area contributed by atoms with Crippen LogP contribution in [-0.2, 0) is 6.54 Å². The number of anilines is 1. The van der Waals surface area contributed by atoms with E-state index < -0.39 is 0 Å². The quantitative estimate of drug-likeness (QED) is 0.877. The molecule has 0 aliphatic heterocycles. The number of amides is 1. The van der Waals surface area contributed by atoms with Crippen molar-refractivity contribution in [2.45, 2.75) is 26.4 Å². The first-order chi connectivity index (χ1) is 9.65. The van der Waals surface area contributed by atoms with Gasteiger partial charge in [0.25, 0.3) is 5.91 Å². The molecule has 2 N–H and O–H groups in total. The van der Waals surface area contributed by atoms with E-state index in [1.807, 2.05) is 24.3 Å². The van der Waals surface area contributed by atoms with Crippen molar-refractivity contribution in [3.8, 4) is 0 Å². The highest BCUT2D eigenvalue weighted by atomic mass is 16.1. The minimum absolute atomic E-state index is 0.146. The third-order valence-corrected chi connectivity index (χ3v) is 2.82. The van der Waals surface area contributed by atoms with Gasteiger partial charge in [-0.2, -0.15) is 0 Å². The Morgan fingerprint density at radius 1 is 1.25 bits per heavy atom. The molecule has 0 unspecified atom stereocenters. The summed E-state index contributed by atoms with van der Waals surface area (Å²) in [4.78, 5) is 16.0. The first-order valence-electron chi connectivity index (χ1n) is 6.69. The van der Waals surface area contributed by atoms with Crippen LogP contribution in [0.3, 0.4) is 0 Å². The van der Waals surface area contributed by atoms with Gasteiger partial charge < -0.3 is 10.6 Å². The summed E-state index contributed by atoms with van der Waals surface area (Å²) in [6.45, 7) is 5.00. The molecule has 104 valence electrons. The Balaban J connectivity index is 2.02. The van der Waals surface area contributed by atoms with E-state index in [1.165, 1.54) is 0 Å². The lowest BCUT2D eigenvalue weighted by Crippen LogP contribution is -2.21.